The third kappa shape index (κ3) is 3.48. The van der Waals surface area contributed by atoms with Gasteiger partial charge >= 0.3 is 5.97 Å². The van der Waals surface area contributed by atoms with Gasteiger partial charge < -0.3 is 10.1 Å². The van der Waals surface area contributed by atoms with Gasteiger partial charge in [0.15, 0.2) is 9.84 Å². The molecular formula is C13H23NO4S. The quantitative estimate of drug-likeness (QED) is 0.776. The van der Waals surface area contributed by atoms with E-state index in [-0.39, 0.29) is 11.9 Å². The molecule has 0 aromatic carbocycles. The number of esters is 1. The van der Waals surface area contributed by atoms with Gasteiger partial charge in [-0.1, -0.05) is 0 Å². The Kier molecular flexibility index (Phi) is 4.20. The molecule has 0 aromatic heterocycles. The Morgan fingerprint density at radius 2 is 2.16 bits per heavy atom. The summed E-state index contributed by atoms with van der Waals surface area (Å²) in [6, 6.07) is 0. The van der Waals surface area contributed by atoms with E-state index in [2.05, 4.69) is 5.32 Å². The second-order valence-electron chi connectivity index (χ2n) is 6.13. The lowest BCUT2D eigenvalue weighted by Gasteiger charge is -2.25. The van der Waals surface area contributed by atoms with E-state index >= 15 is 0 Å². The first-order valence-electron chi connectivity index (χ1n) is 6.88. The number of hydrogen-bond acceptors (Lipinski definition) is 5. The van der Waals surface area contributed by atoms with E-state index in [0.717, 1.165) is 32.2 Å². The number of ether oxygens (including phenoxy) is 1. The first-order valence-corrected chi connectivity index (χ1v) is 8.71. The molecule has 0 aromatic rings. The Labute approximate surface area is 115 Å². The first kappa shape index (κ1) is 14.8. The molecule has 2 rings (SSSR count). The molecule has 0 amide bonds. The van der Waals surface area contributed by atoms with Gasteiger partial charge in [0.25, 0.3) is 0 Å². The largest absolute Gasteiger partial charge is 0.468 e. The standard InChI is InChI=1S/C13H23NO4S/c1-13(12(15)18-2)7-11(8-14-13)6-10-4-3-5-19(16,17)9-10/h10-11,14H,3-9H2,1-2H3. The van der Waals surface area contributed by atoms with E-state index in [1.807, 2.05) is 6.92 Å². The lowest BCUT2D eigenvalue weighted by molar-refractivity contribution is -0.147. The molecule has 2 heterocycles. The summed E-state index contributed by atoms with van der Waals surface area (Å²) in [6.07, 6.45) is 3.39. The normalized spacial score (nSPS) is 38.0. The van der Waals surface area contributed by atoms with Crippen molar-refractivity contribution in [3.63, 3.8) is 0 Å². The van der Waals surface area contributed by atoms with Crippen molar-refractivity contribution >= 4 is 15.8 Å². The van der Waals surface area contributed by atoms with Crippen molar-refractivity contribution < 1.29 is 17.9 Å². The fraction of sp³-hybridized carbons (Fsp3) is 0.923. The van der Waals surface area contributed by atoms with E-state index in [0.29, 0.717) is 17.4 Å². The zero-order chi connectivity index (χ0) is 14.1. The number of sulfone groups is 1. The average Bonchev–Trinajstić information content (AvgIpc) is 2.70. The van der Waals surface area contributed by atoms with Crippen molar-refractivity contribution in [2.24, 2.45) is 11.8 Å². The highest BCUT2D eigenvalue weighted by Crippen LogP contribution is 2.32. The van der Waals surface area contributed by atoms with Crippen LogP contribution >= 0.6 is 0 Å². The Morgan fingerprint density at radius 3 is 2.79 bits per heavy atom. The van der Waals surface area contributed by atoms with Gasteiger partial charge in [-0.2, -0.15) is 0 Å². The Hall–Kier alpha value is -0.620. The lowest BCUT2D eigenvalue weighted by Crippen LogP contribution is -2.45. The van der Waals surface area contributed by atoms with E-state index in [9.17, 15) is 13.2 Å². The second-order valence-corrected chi connectivity index (χ2v) is 8.36. The van der Waals surface area contributed by atoms with Crippen LogP contribution in [0.5, 0.6) is 0 Å². The van der Waals surface area contributed by atoms with Crippen LogP contribution in [0, 0.1) is 11.8 Å². The monoisotopic (exact) mass is 289 g/mol. The predicted octanol–water partition coefficient (Wildman–Crippen LogP) is 0.742. The molecule has 2 fully saturated rings. The van der Waals surface area contributed by atoms with Gasteiger partial charge in [-0.3, -0.25) is 4.79 Å². The van der Waals surface area contributed by atoms with Crippen LogP contribution in [-0.4, -0.2) is 45.1 Å². The molecule has 110 valence electrons. The van der Waals surface area contributed by atoms with E-state index in [1.54, 1.807) is 0 Å². The molecule has 0 spiro atoms. The first-order chi connectivity index (χ1) is 8.85. The van der Waals surface area contributed by atoms with Crippen LogP contribution in [0.1, 0.15) is 32.6 Å². The number of carbonyl (C=O) groups is 1. The molecule has 0 bridgehead atoms. The summed E-state index contributed by atoms with van der Waals surface area (Å²) in [5, 5.41) is 3.22. The van der Waals surface area contributed by atoms with Crippen molar-refractivity contribution in [3.8, 4) is 0 Å². The van der Waals surface area contributed by atoms with E-state index in [1.165, 1.54) is 7.11 Å². The number of carbonyl (C=O) groups excluding carboxylic acids is 1. The highest BCUT2D eigenvalue weighted by Gasteiger charge is 2.42. The van der Waals surface area contributed by atoms with Crippen molar-refractivity contribution in [1.29, 1.82) is 0 Å². The summed E-state index contributed by atoms with van der Waals surface area (Å²) in [5.41, 5.74) is -0.604. The number of hydrogen-bond donors (Lipinski definition) is 1. The molecule has 0 radical (unpaired) electrons. The highest BCUT2D eigenvalue weighted by molar-refractivity contribution is 7.91. The fourth-order valence-corrected chi connectivity index (χ4v) is 5.21. The topological polar surface area (TPSA) is 72.5 Å². The van der Waals surface area contributed by atoms with Crippen LogP contribution in [0.15, 0.2) is 0 Å². The van der Waals surface area contributed by atoms with Crippen LogP contribution < -0.4 is 5.32 Å². The summed E-state index contributed by atoms with van der Waals surface area (Å²) < 4.78 is 28.1. The van der Waals surface area contributed by atoms with Crippen molar-refractivity contribution in [3.05, 3.63) is 0 Å². The van der Waals surface area contributed by atoms with Gasteiger partial charge in [0.1, 0.15) is 5.54 Å². The zero-order valence-corrected chi connectivity index (χ0v) is 12.5. The maximum Gasteiger partial charge on any atom is 0.325 e. The SMILES string of the molecule is COC(=O)C1(C)CC(CC2CCCS(=O)(=O)C2)CN1. The van der Waals surface area contributed by atoms with Crippen LogP contribution in [-0.2, 0) is 19.4 Å². The predicted molar refractivity (Wildman–Crippen MR) is 72.5 cm³/mol. The molecule has 19 heavy (non-hydrogen) atoms. The maximum absolute atomic E-state index is 11.7. The molecule has 1 N–H and O–H groups in total. The molecule has 3 unspecified atom stereocenters. The molecule has 2 aliphatic heterocycles. The smallest absolute Gasteiger partial charge is 0.325 e. The Bertz CT molecular complexity index is 448. The van der Waals surface area contributed by atoms with Crippen molar-refractivity contribution in [2.45, 2.75) is 38.1 Å². The lowest BCUT2D eigenvalue weighted by atomic mass is 9.87. The second kappa shape index (κ2) is 5.40. The molecule has 5 nitrogen and oxygen atoms in total. The van der Waals surface area contributed by atoms with Gasteiger partial charge in [-0.25, -0.2) is 8.42 Å². The molecule has 3 atom stereocenters. The van der Waals surface area contributed by atoms with Crippen LogP contribution in [0.3, 0.4) is 0 Å². The Balaban J connectivity index is 1.90. The molecule has 0 saturated carbocycles. The van der Waals surface area contributed by atoms with Crippen LogP contribution in [0.2, 0.25) is 0 Å². The van der Waals surface area contributed by atoms with Gasteiger partial charge in [0, 0.05) is 0 Å². The van der Waals surface area contributed by atoms with Crippen molar-refractivity contribution in [1.82, 2.24) is 5.32 Å². The van der Waals surface area contributed by atoms with Gasteiger partial charge in [-0.05, 0) is 51.0 Å². The molecule has 2 saturated heterocycles. The number of rotatable bonds is 3. The summed E-state index contributed by atoms with van der Waals surface area (Å²) >= 11 is 0. The maximum atomic E-state index is 11.7. The van der Waals surface area contributed by atoms with E-state index < -0.39 is 15.4 Å². The number of methoxy groups -OCH3 is 1. The minimum atomic E-state index is -2.84. The third-order valence-corrected chi connectivity index (χ3v) is 6.23. The summed E-state index contributed by atoms with van der Waals surface area (Å²) in [7, 11) is -1.44. The minimum absolute atomic E-state index is 0.230. The zero-order valence-electron chi connectivity index (χ0n) is 11.6. The van der Waals surface area contributed by atoms with Gasteiger partial charge in [-0.15, -0.1) is 0 Å². The molecule has 6 heteroatoms. The van der Waals surface area contributed by atoms with Crippen LogP contribution in [0.4, 0.5) is 0 Å². The van der Waals surface area contributed by atoms with Crippen LogP contribution in [0.25, 0.3) is 0 Å². The minimum Gasteiger partial charge on any atom is -0.468 e. The molecule has 2 aliphatic rings. The Morgan fingerprint density at radius 1 is 1.42 bits per heavy atom. The summed E-state index contributed by atoms with van der Waals surface area (Å²) in [6.45, 7) is 2.62. The fourth-order valence-electron chi connectivity index (χ4n) is 3.41. The summed E-state index contributed by atoms with van der Waals surface area (Å²) in [4.78, 5) is 11.7. The summed E-state index contributed by atoms with van der Waals surface area (Å²) in [5.74, 6) is 1.05. The third-order valence-electron chi connectivity index (χ3n) is 4.34. The number of nitrogens with one attached hydrogen (secondary N) is 1. The van der Waals surface area contributed by atoms with Gasteiger partial charge in [0.05, 0.1) is 18.6 Å². The van der Waals surface area contributed by atoms with Crippen molar-refractivity contribution in [2.75, 3.05) is 25.2 Å². The van der Waals surface area contributed by atoms with Gasteiger partial charge in [0.2, 0.25) is 0 Å². The molecular weight excluding hydrogens is 266 g/mol. The average molecular weight is 289 g/mol. The van der Waals surface area contributed by atoms with E-state index in [4.69, 9.17) is 4.74 Å². The molecule has 0 aliphatic carbocycles. The highest BCUT2D eigenvalue weighted by atomic mass is 32.2.